The molecule has 0 fully saturated rings. The number of aryl methyl sites for hydroxylation is 1. The lowest BCUT2D eigenvalue weighted by Crippen LogP contribution is -1.97. The van der Waals surface area contributed by atoms with Crippen molar-refractivity contribution in [2.24, 2.45) is 5.73 Å². The summed E-state index contributed by atoms with van der Waals surface area (Å²) in [6.45, 7) is 2.31. The predicted molar refractivity (Wildman–Crippen MR) is 52.4 cm³/mol. The summed E-state index contributed by atoms with van der Waals surface area (Å²) in [4.78, 5) is 5.33. The summed E-state index contributed by atoms with van der Waals surface area (Å²) in [6, 6.07) is 3.96. The highest BCUT2D eigenvalue weighted by Gasteiger charge is 2.09. The summed E-state index contributed by atoms with van der Waals surface area (Å²) >= 11 is 1.61. The third kappa shape index (κ3) is 1.50. The van der Waals surface area contributed by atoms with Gasteiger partial charge in [0, 0.05) is 6.54 Å². The molecule has 0 atom stereocenters. The van der Waals surface area contributed by atoms with Gasteiger partial charge >= 0.3 is 0 Å². The number of nitrogens with zero attached hydrogens (tertiary/aromatic N) is 1. The predicted octanol–water partition coefficient (Wildman–Crippen LogP) is 2.17. The Morgan fingerprint density at radius 3 is 3.00 bits per heavy atom. The van der Waals surface area contributed by atoms with Gasteiger partial charge in [0.05, 0.1) is 10.6 Å². The van der Waals surface area contributed by atoms with E-state index in [1.165, 1.54) is 0 Å². The Morgan fingerprint density at radius 1 is 1.62 bits per heavy atom. The van der Waals surface area contributed by atoms with Crippen molar-refractivity contribution < 1.29 is 4.42 Å². The van der Waals surface area contributed by atoms with Crippen LogP contribution in [-0.2, 0) is 6.54 Å². The number of thiophene rings is 1. The van der Waals surface area contributed by atoms with Crippen molar-refractivity contribution in [3.63, 3.8) is 0 Å². The van der Waals surface area contributed by atoms with Crippen LogP contribution in [0.4, 0.5) is 0 Å². The van der Waals surface area contributed by atoms with E-state index in [1.54, 1.807) is 11.3 Å². The molecule has 0 aromatic carbocycles. The molecular weight excluding hydrogens is 184 g/mol. The molecule has 2 rings (SSSR count). The van der Waals surface area contributed by atoms with Gasteiger partial charge in [-0.1, -0.05) is 6.07 Å². The first-order valence-corrected chi connectivity index (χ1v) is 4.89. The molecule has 3 nitrogen and oxygen atoms in total. The molecule has 0 saturated heterocycles. The van der Waals surface area contributed by atoms with Crippen molar-refractivity contribution in [3.8, 4) is 10.8 Å². The molecule has 0 spiro atoms. The third-order valence-electron chi connectivity index (χ3n) is 1.82. The molecule has 0 amide bonds. The van der Waals surface area contributed by atoms with Crippen LogP contribution < -0.4 is 5.73 Å². The zero-order valence-corrected chi connectivity index (χ0v) is 8.10. The van der Waals surface area contributed by atoms with E-state index in [0.29, 0.717) is 12.4 Å². The maximum absolute atomic E-state index is 5.50. The highest BCUT2D eigenvalue weighted by Crippen LogP contribution is 2.25. The Bertz CT molecular complexity index is 392. The molecule has 0 unspecified atom stereocenters. The van der Waals surface area contributed by atoms with Gasteiger partial charge in [-0.2, -0.15) is 0 Å². The van der Waals surface area contributed by atoms with Crippen LogP contribution in [0, 0.1) is 6.92 Å². The van der Waals surface area contributed by atoms with Gasteiger partial charge in [0.1, 0.15) is 5.76 Å². The van der Waals surface area contributed by atoms with Crippen LogP contribution in [0.3, 0.4) is 0 Å². The molecule has 13 heavy (non-hydrogen) atoms. The van der Waals surface area contributed by atoms with E-state index in [1.807, 2.05) is 24.4 Å². The minimum atomic E-state index is 0.431. The molecule has 0 aliphatic heterocycles. The van der Waals surface area contributed by atoms with E-state index in [0.717, 1.165) is 16.3 Å². The summed E-state index contributed by atoms with van der Waals surface area (Å²) in [7, 11) is 0. The van der Waals surface area contributed by atoms with Gasteiger partial charge in [0.15, 0.2) is 0 Å². The Morgan fingerprint density at radius 2 is 2.46 bits per heavy atom. The highest BCUT2D eigenvalue weighted by atomic mass is 32.1. The van der Waals surface area contributed by atoms with E-state index in [9.17, 15) is 0 Å². The van der Waals surface area contributed by atoms with E-state index < -0.39 is 0 Å². The van der Waals surface area contributed by atoms with E-state index in [4.69, 9.17) is 10.2 Å². The van der Waals surface area contributed by atoms with Crippen molar-refractivity contribution in [1.82, 2.24) is 4.98 Å². The maximum Gasteiger partial charge on any atom is 0.236 e. The number of hydrogen-bond donors (Lipinski definition) is 1. The van der Waals surface area contributed by atoms with Crippen LogP contribution in [0.5, 0.6) is 0 Å². The fraction of sp³-hybridized carbons (Fsp3) is 0.222. The normalized spacial score (nSPS) is 10.6. The Labute approximate surface area is 80.2 Å². The molecule has 0 saturated carbocycles. The van der Waals surface area contributed by atoms with Crippen molar-refractivity contribution in [2.75, 3.05) is 0 Å². The molecule has 2 aromatic rings. The van der Waals surface area contributed by atoms with Crippen molar-refractivity contribution in [1.29, 1.82) is 0 Å². The van der Waals surface area contributed by atoms with Gasteiger partial charge in [0.25, 0.3) is 0 Å². The number of nitrogens with two attached hydrogens (primary N) is 1. The first kappa shape index (κ1) is 8.47. The molecule has 68 valence electrons. The second-order valence-corrected chi connectivity index (χ2v) is 3.65. The number of hydrogen-bond acceptors (Lipinski definition) is 4. The molecule has 4 heteroatoms. The van der Waals surface area contributed by atoms with Gasteiger partial charge in [-0.3, -0.25) is 0 Å². The van der Waals surface area contributed by atoms with Crippen LogP contribution in [0.25, 0.3) is 10.8 Å². The lowest BCUT2D eigenvalue weighted by atomic mass is 10.4. The van der Waals surface area contributed by atoms with Crippen LogP contribution in [-0.4, -0.2) is 4.98 Å². The molecule has 2 aromatic heterocycles. The minimum Gasteiger partial charge on any atom is -0.440 e. The quantitative estimate of drug-likeness (QED) is 0.797. The maximum atomic E-state index is 5.50. The summed E-state index contributed by atoms with van der Waals surface area (Å²) in [6.07, 6.45) is 0. The zero-order valence-electron chi connectivity index (χ0n) is 7.28. The number of aromatic nitrogens is 1. The monoisotopic (exact) mass is 194 g/mol. The topological polar surface area (TPSA) is 52.0 Å². The fourth-order valence-corrected chi connectivity index (χ4v) is 1.77. The zero-order chi connectivity index (χ0) is 9.26. The molecule has 0 radical (unpaired) electrons. The Balaban J connectivity index is 2.43. The third-order valence-corrected chi connectivity index (χ3v) is 2.68. The first-order chi connectivity index (χ1) is 6.31. The molecule has 2 heterocycles. The van der Waals surface area contributed by atoms with Gasteiger partial charge in [-0.15, -0.1) is 11.3 Å². The van der Waals surface area contributed by atoms with E-state index >= 15 is 0 Å². The molecular formula is C9H10N2OS. The first-order valence-electron chi connectivity index (χ1n) is 4.01. The van der Waals surface area contributed by atoms with Gasteiger partial charge in [0.2, 0.25) is 5.89 Å². The van der Waals surface area contributed by atoms with Crippen LogP contribution in [0.1, 0.15) is 11.5 Å². The van der Waals surface area contributed by atoms with E-state index in [-0.39, 0.29) is 0 Å². The lowest BCUT2D eigenvalue weighted by Gasteiger charge is -1.84. The number of oxazole rings is 1. The molecule has 0 aliphatic carbocycles. The largest absolute Gasteiger partial charge is 0.440 e. The van der Waals surface area contributed by atoms with Gasteiger partial charge < -0.3 is 10.2 Å². The standard InChI is InChI=1S/C9H10N2OS/c1-6-7(5-10)11-9(12-6)8-3-2-4-13-8/h2-4H,5,10H2,1H3. The van der Waals surface area contributed by atoms with Crippen LogP contribution >= 0.6 is 11.3 Å². The number of rotatable bonds is 2. The average molecular weight is 194 g/mol. The van der Waals surface area contributed by atoms with Gasteiger partial charge in [-0.25, -0.2) is 4.98 Å². The smallest absolute Gasteiger partial charge is 0.236 e. The van der Waals surface area contributed by atoms with Crippen LogP contribution in [0.15, 0.2) is 21.9 Å². The van der Waals surface area contributed by atoms with Gasteiger partial charge in [-0.05, 0) is 18.4 Å². The average Bonchev–Trinajstić information content (AvgIpc) is 2.71. The van der Waals surface area contributed by atoms with E-state index in [2.05, 4.69) is 4.98 Å². The van der Waals surface area contributed by atoms with Crippen molar-refractivity contribution >= 4 is 11.3 Å². The van der Waals surface area contributed by atoms with Crippen LogP contribution in [0.2, 0.25) is 0 Å². The summed E-state index contributed by atoms with van der Waals surface area (Å²) in [5.41, 5.74) is 6.33. The molecule has 2 N–H and O–H groups in total. The highest BCUT2D eigenvalue weighted by molar-refractivity contribution is 7.13. The summed E-state index contributed by atoms with van der Waals surface area (Å²) in [5, 5.41) is 2.00. The lowest BCUT2D eigenvalue weighted by molar-refractivity contribution is 0.541. The SMILES string of the molecule is Cc1oc(-c2cccs2)nc1CN. The minimum absolute atomic E-state index is 0.431. The Hall–Kier alpha value is -1.13. The fourth-order valence-electron chi connectivity index (χ4n) is 1.12. The molecule has 0 aliphatic rings. The van der Waals surface area contributed by atoms with Crippen molar-refractivity contribution in [3.05, 3.63) is 29.0 Å². The summed E-state index contributed by atoms with van der Waals surface area (Å²) in [5.74, 6) is 1.49. The molecule has 0 bridgehead atoms. The van der Waals surface area contributed by atoms with Crippen molar-refractivity contribution in [2.45, 2.75) is 13.5 Å². The second-order valence-electron chi connectivity index (χ2n) is 2.70. The Kier molecular flexibility index (Phi) is 2.16. The second kappa shape index (κ2) is 3.32. The summed E-state index contributed by atoms with van der Waals surface area (Å²) < 4.78 is 5.47.